The minimum Gasteiger partial charge on any atom is -0.394 e. The van der Waals surface area contributed by atoms with Gasteiger partial charge in [-0.3, -0.25) is 4.57 Å². The van der Waals surface area contributed by atoms with Crippen molar-refractivity contribution in [2.45, 2.75) is 37.0 Å². The van der Waals surface area contributed by atoms with E-state index in [-0.39, 0.29) is 12.4 Å². The molecule has 0 aromatic carbocycles. The molecule has 0 amide bonds. The first-order valence-electron chi connectivity index (χ1n) is 10.1. The Labute approximate surface area is 185 Å². The summed E-state index contributed by atoms with van der Waals surface area (Å²) in [5.41, 5.74) is 12.1. The predicted molar refractivity (Wildman–Crippen MR) is 114 cm³/mol. The highest BCUT2D eigenvalue weighted by Gasteiger charge is 2.53. The van der Waals surface area contributed by atoms with E-state index in [1.54, 1.807) is 0 Å². The van der Waals surface area contributed by atoms with E-state index in [9.17, 15) is 15.3 Å². The number of aliphatic hydroxyl groups is 3. The maximum absolute atomic E-state index is 10.8. The molecule has 5 rings (SSSR count). The molecule has 1 saturated heterocycles. The van der Waals surface area contributed by atoms with Crippen molar-refractivity contribution in [2.24, 2.45) is 5.73 Å². The average Bonchev–Trinajstić information content (AvgIpc) is 3.48. The van der Waals surface area contributed by atoms with Gasteiger partial charge in [-0.25, -0.2) is 29.9 Å². The molecule has 33 heavy (non-hydrogen) atoms. The third-order valence-electron chi connectivity index (χ3n) is 5.72. The van der Waals surface area contributed by atoms with Crippen LogP contribution in [0.2, 0.25) is 0 Å². The van der Waals surface area contributed by atoms with Crippen molar-refractivity contribution in [3.63, 3.8) is 0 Å². The van der Waals surface area contributed by atoms with Crippen LogP contribution in [0.3, 0.4) is 0 Å². The number of ether oxygens (including phenoxy) is 1. The third kappa shape index (κ3) is 3.42. The number of nitrogen functional groups attached to an aromatic ring is 1. The molecule has 15 nitrogen and oxygen atoms in total. The molecule has 0 saturated carbocycles. The van der Waals surface area contributed by atoms with Crippen molar-refractivity contribution in [2.75, 3.05) is 24.2 Å². The molecule has 0 bridgehead atoms. The Hall–Kier alpha value is -3.50. The summed E-state index contributed by atoms with van der Waals surface area (Å²) < 4.78 is 7.15. The molecule has 1 unspecified atom stereocenters. The van der Waals surface area contributed by atoms with Crippen LogP contribution in [0.25, 0.3) is 22.3 Å². The Morgan fingerprint density at radius 1 is 1.27 bits per heavy atom. The number of H-pyrrole nitrogens is 1. The van der Waals surface area contributed by atoms with Crippen molar-refractivity contribution in [1.82, 2.24) is 39.5 Å². The molecular formula is C18H23N11O4. The lowest BCUT2D eigenvalue weighted by Crippen LogP contribution is -2.44. The lowest BCUT2D eigenvalue weighted by molar-refractivity contribution is -0.0950. The second-order valence-corrected chi connectivity index (χ2v) is 7.99. The molecular weight excluding hydrogens is 434 g/mol. The fraction of sp³-hybridized carbons (Fsp3) is 0.444. The number of fused-ring (bicyclic) bond motifs is 2. The first-order chi connectivity index (χ1) is 15.8. The van der Waals surface area contributed by atoms with E-state index < -0.39 is 36.7 Å². The summed E-state index contributed by atoms with van der Waals surface area (Å²) in [6, 6.07) is -0.551. The molecule has 4 aromatic heterocycles. The SMILES string of the molecule is C[C@@]1(O)[C@H](O)[C@@H](CO)O[C@H]1n1cnc2c(NCC(N)c3nc4ncnc(N)c4[nH]3)ncnc21. The van der Waals surface area contributed by atoms with Gasteiger partial charge in [0.15, 0.2) is 34.7 Å². The van der Waals surface area contributed by atoms with Gasteiger partial charge in [0.05, 0.1) is 19.0 Å². The normalized spacial score (nSPS) is 26.3. The van der Waals surface area contributed by atoms with E-state index in [0.717, 1.165) is 0 Å². The number of nitrogens with zero attached hydrogens (tertiary/aromatic N) is 7. The first-order valence-corrected chi connectivity index (χ1v) is 10.1. The number of hydrogen-bond donors (Lipinski definition) is 7. The van der Waals surface area contributed by atoms with Crippen molar-refractivity contribution >= 4 is 34.0 Å². The molecule has 5 atom stereocenters. The van der Waals surface area contributed by atoms with Gasteiger partial charge in [0, 0.05) is 6.54 Å². The second-order valence-electron chi connectivity index (χ2n) is 7.99. The Morgan fingerprint density at radius 3 is 2.79 bits per heavy atom. The Kier molecular flexibility index (Phi) is 5.06. The zero-order valence-electron chi connectivity index (χ0n) is 17.5. The summed E-state index contributed by atoms with van der Waals surface area (Å²) in [4.78, 5) is 28.2. The van der Waals surface area contributed by atoms with E-state index in [4.69, 9.17) is 16.2 Å². The summed E-state index contributed by atoms with van der Waals surface area (Å²) in [5, 5.41) is 33.6. The fourth-order valence-corrected chi connectivity index (χ4v) is 3.89. The smallest absolute Gasteiger partial charge is 0.183 e. The third-order valence-corrected chi connectivity index (χ3v) is 5.72. The van der Waals surface area contributed by atoms with Crippen LogP contribution in [-0.4, -0.2) is 85.7 Å². The standard InChI is InChI=1S/C18H23N11O4/c1-18(32)11(31)8(3-30)33-17(18)29-6-26-10-14(23-5-25-16(10)29)21-2-7(19)13-27-9-12(20)22-4-24-15(9)28-13/h4-8,11,17,30-32H,2-3,19H2,1H3,(H,21,23,25)(H3,20,22,24,27,28)/t7?,8-,11-,17-,18-/m1/s1. The molecule has 9 N–H and O–H groups in total. The van der Waals surface area contributed by atoms with Gasteiger partial charge in [-0.1, -0.05) is 0 Å². The minimum atomic E-state index is -1.67. The summed E-state index contributed by atoms with van der Waals surface area (Å²) in [5.74, 6) is 1.15. The minimum absolute atomic E-state index is 0.245. The van der Waals surface area contributed by atoms with E-state index in [2.05, 4.69) is 40.2 Å². The van der Waals surface area contributed by atoms with Crippen LogP contribution in [-0.2, 0) is 4.74 Å². The zero-order chi connectivity index (χ0) is 23.3. The van der Waals surface area contributed by atoms with E-state index in [0.29, 0.717) is 34.0 Å². The van der Waals surface area contributed by atoms with Crippen LogP contribution in [0.5, 0.6) is 0 Å². The maximum Gasteiger partial charge on any atom is 0.183 e. The van der Waals surface area contributed by atoms with Crippen molar-refractivity contribution < 1.29 is 20.1 Å². The van der Waals surface area contributed by atoms with Gasteiger partial charge < -0.3 is 41.8 Å². The quantitative estimate of drug-likeness (QED) is 0.169. The molecule has 0 spiro atoms. The lowest BCUT2D eigenvalue weighted by atomic mass is 9.96. The highest BCUT2D eigenvalue weighted by Crippen LogP contribution is 2.39. The Morgan fingerprint density at radius 2 is 2.06 bits per heavy atom. The Bertz CT molecular complexity index is 1310. The lowest BCUT2D eigenvalue weighted by Gasteiger charge is -2.27. The predicted octanol–water partition coefficient (Wildman–Crippen LogP) is -1.81. The zero-order valence-corrected chi connectivity index (χ0v) is 17.5. The van der Waals surface area contributed by atoms with Gasteiger partial charge in [0.2, 0.25) is 0 Å². The number of rotatable bonds is 6. The van der Waals surface area contributed by atoms with Gasteiger partial charge in [0.25, 0.3) is 0 Å². The van der Waals surface area contributed by atoms with Gasteiger partial charge in [-0.2, -0.15) is 0 Å². The molecule has 174 valence electrons. The maximum atomic E-state index is 10.8. The summed E-state index contributed by atoms with van der Waals surface area (Å²) in [7, 11) is 0. The van der Waals surface area contributed by atoms with E-state index >= 15 is 0 Å². The largest absolute Gasteiger partial charge is 0.394 e. The molecule has 15 heteroatoms. The summed E-state index contributed by atoms with van der Waals surface area (Å²) >= 11 is 0. The molecule has 1 aliphatic rings. The highest BCUT2D eigenvalue weighted by molar-refractivity contribution is 5.83. The number of nitrogens with two attached hydrogens (primary N) is 2. The Balaban J connectivity index is 1.39. The summed E-state index contributed by atoms with van der Waals surface area (Å²) in [6.07, 6.45) is 0.841. The van der Waals surface area contributed by atoms with Crippen LogP contribution in [0, 0.1) is 0 Å². The number of aliphatic hydroxyl groups excluding tert-OH is 2. The second kappa shape index (κ2) is 7.82. The highest BCUT2D eigenvalue weighted by atomic mass is 16.6. The van der Waals surface area contributed by atoms with Crippen molar-refractivity contribution in [3.05, 3.63) is 24.8 Å². The number of nitrogens with one attached hydrogen (secondary N) is 2. The molecule has 0 aliphatic carbocycles. The molecule has 1 aliphatic heterocycles. The average molecular weight is 457 g/mol. The first kappa shape index (κ1) is 21.4. The van der Waals surface area contributed by atoms with Gasteiger partial charge >= 0.3 is 0 Å². The molecule has 5 heterocycles. The molecule has 4 aromatic rings. The van der Waals surface area contributed by atoms with Crippen LogP contribution < -0.4 is 16.8 Å². The topological polar surface area (TPSA) is 232 Å². The number of anilines is 2. The number of aromatic amines is 1. The molecule has 1 fully saturated rings. The van der Waals surface area contributed by atoms with Gasteiger partial charge in [-0.05, 0) is 6.92 Å². The van der Waals surface area contributed by atoms with Crippen LogP contribution in [0.4, 0.5) is 11.6 Å². The van der Waals surface area contributed by atoms with Crippen molar-refractivity contribution in [1.29, 1.82) is 0 Å². The van der Waals surface area contributed by atoms with Crippen LogP contribution in [0.15, 0.2) is 19.0 Å². The van der Waals surface area contributed by atoms with Gasteiger partial charge in [-0.15, -0.1) is 0 Å². The van der Waals surface area contributed by atoms with Gasteiger partial charge in [0.1, 0.15) is 41.8 Å². The molecule has 0 radical (unpaired) electrons. The number of hydrogen-bond acceptors (Lipinski definition) is 13. The monoisotopic (exact) mass is 457 g/mol. The number of imidazole rings is 2. The fourth-order valence-electron chi connectivity index (χ4n) is 3.89. The summed E-state index contributed by atoms with van der Waals surface area (Å²) in [6.45, 7) is 1.22. The van der Waals surface area contributed by atoms with Crippen molar-refractivity contribution in [3.8, 4) is 0 Å². The van der Waals surface area contributed by atoms with Crippen LogP contribution in [0.1, 0.15) is 25.0 Å². The van der Waals surface area contributed by atoms with E-state index in [1.165, 1.54) is 30.5 Å². The number of aromatic nitrogens is 8. The van der Waals surface area contributed by atoms with E-state index in [1.807, 2.05) is 0 Å². The van der Waals surface area contributed by atoms with Crippen LogP contribution >= 0.6 is 0 Å².